The van der Waals surface area contributed by atoms with E-state index in [1.165, 1.54) is 21.3 Å². The predicted molar refractivity (Wildman–Crippen MR) is 127 cm³/mol. The molecule has 0 saturated carbocycles. The number of fused-ring (bicyclic) bond motifs is 1. The largest absolute Gasteiger partial charge is 0.493 e. The van der Waals surface area contributed by atoms with Crippen molar-refractivity contribution < 1.29 is 38.0 Å². The SMILES string of the molecule is COc1cc(/C=C2\Oc3cc(OCC(=O)OCc4ccccc4)ccc3C2=O)cc(OC)c1OC. The second kappa shape index (κ2) is 10.6. The van der Waals surface area contributed by atoms with Crippen LogP contribution in [0.4, 0.5) is 0 Å². The number of hydrogen-bond acceptors (Lipinski definition) is 8. The summed E-state index contributed by atoms with van der Waals surface area (Å²) in [4.78, 5) is 24.8. The lowest BCUT2D eigenvalue weighted by Gasteiger charge is -2.13. The fourth-order valence-electron chi connectivity index (χ4n) is 3.52. The molecule has 1 heterocycles. The molecule has 1 aliphatic rings. The van der Waals surface area contributed by atoms with Crippen molar-refractivity contribution in [3.63, 3.8) is 0 Å². The van der Waals surface area contributed by atoms with Gasteiger partial charge in [-0.15, -0.1) is 0 Å². The standard InChI is InChI=1S/C27H24O8/c1-30-23-12-18(13-24(31-2)27(23)32-3)11-22-26(29)20-10-9-19(14-21(20)35-22)33-16-25(28)34-15-17-7-5-4-6-8-17/h4-14H,15-16H2,1-3H3/b22-11-. The molecule has 0 saturated heterocycles. The highest BCUT2D eigenvalue weighted by molar-refractivity contribution is 6.14. The minimum absolute atomic E-state index is 0.133. The minimum atomic E-state index is -0.505. The van der Waals surface area contributed by atoms with E-state index in [-0.39, 0.29) is 24.8 Å². The monoisotopic (exact) mass is 476 g/mol. The lowest BCUT2D eigenvalue weighted by Crippen LogP contribution is -2.14. The number of esters is 1. The molecule has 0 bridgehead atoms. The molecule has 1 aliphatic heterocycles. The van der Waals surface area contributed by atoms with Crippen LogP contribution in [0.5, 0.6) is 28.7 Å². The van der Waals surface area contributed by atoms with Crippen molar-refractivity contribution >= 4 is 17.8 Å². The smallest absolute Gasteiger partial charge is 0.344 e. The molecule has 3 aromatic carbocycles. The summed E-state index contributed by atoms with van der Waals surface area (Å²) in [5.74, 6) is 1.42. The number of ether oxygens (including phenoxy) is 6. The molecule has 0 aliphatic carbocycles. The summed E-state index contributed by atoms with van der Waals surface area (Å²) in [6.07, 6.45) is 1.59. The molecule has 180 valence electrons. The second-order valence-corrected chi connectivity index (χ2v) is 7.49. The van der Waals surface area contributed by atoms with Gasteiger partial charge in [-0.25, -0.2) is 4.79 Å². The van der Waals surface area contributed by atoms with Gasteiger partial charge in [-0.3, -0.25) is 4.79 Å². The average molecular weight is 476 g/mol. The highest BCUT2D eigenvalue weighted by Gasteiger charge is 2.28. The first-order valence-corrected chi connectivity index (χ1v) is 10.7. The number of ketones is 1. The summed E-state index contributed by atoms with van der Waals surface area (Å²) in [5, 5.41) is 0. The summed E-state index contributed by atoms with van der Waals surface area (Å²) in [5.41, 5.74) is 1.91. The van der Waals surface area contributed by atoms with Crippen LogP contribution in [0.3, 0.4) is 0 Å². The molecular formula is C27H24O8. The molecular weight excluding hydrogens is 452 g/mol. The van der Waals surface area contributed by atoms with Gasteiger partial charge in [-0.1, -0.05) is 30.3 Å². The number of allylic oxidation sites excluding steroid dienone is 1. The Morgan fingerprint density at radius 1 is 0.914 bits per heavy atom. The normalized spacial score (nSPS) is 13.1. The maximum absolute atomic E-state index is 12.8. The molecule has 4 rings (SSSR count). The third kappa shape index (κ3) is 5.38. The van der Waals surface area contributed by atoms with Gasteiger partial charge in [0.15, 0.2) is 23.9 Å². The van der Waals surface area contributed by atoms with Crippen LogP contribution in [0.1, 0.15) is 21.5 Å². The van der Waals surface area contributed by atoms with E-state index in [4.69, 9.17) is 28.4 Å². The highest BCUT2D eigenvalue weighted by Crippen LogP contribution is 2.40. The van der Waals surface area contributed by atoms with Gasteiger partial charge in [0.25, 0.3) is 0 Å². The van der Waals surface area contributed by atoms with Gasteiger partial charge < -0.3 is 28.4 Å². The molecule has 0 N–H and O–H groups in total. The Balaban J connectivity index is 1.43. The van der Waals surface area contributed by atoms with Gasteiger partial charge in [0, 0.05) is 6.07 Å². The van der Waals surface area contributed by atoms with Crippen LogP contribution in [0, 0.1) is 0 Å². The first-order chi connectivity index (χ1) is 17.0. The molecule has 0 atom stereocenters. The Morgan fingerprint density at radius 3 is 2.29 bits per heavy atom. The third-order valence-electron chi connectivity index (χ3n) is 5.23. The van der Waals surface area contributed by atoms with Gasteiger partial charge in [0.2, 0.25) is 11.5 Å². The van der Waals surface area contributed by atoms with E-state index in [1.807, 2.05) is 30.3 Å². The van der Waals surface area contributed by atoms with Crippen molar-refractivity contribution in [3.8, 4) is 28.7 Å². The molecule has 0 spiro atoms. The molecule has 0 fully saturated rings. The first kappa shape index (κ1) is 23.7. The highest BCUT2D eigenvalue weighted by atomic mass is 16.6. The van der Waals surface area contributed by atoms with E-state index in [0.29, 0.717) is 39.9 Å². The fraction of sp³-hybridized carbons (Fsp3) is 0.185. The van der Waals surface area contributed by atoms with Crippen molar-refractivity contribution in [2.45, 2.75) is 6.61 Å². The molecule has 8 heteroatoms. The van der Waals surface area contributed by atoms with Crippen LogP contribution in [0.15, 0.2) is 66.4 Å². The zero-order valence-corrected chi connectivity index (χ0v) is 19.5. The molecule has 8 nitrogen and oxygen atoms in total. The number of benzene rings is 3. The average Bonchev–Trinajstić information content (AvgIpc) is 3.20. The Hall–Kier alpha value is -4.46. The van der Waals surface area contributed by atoms with Crippen molar-refractivity contribution in [2.24, 2.45) is 0 Å². The Morgan fingerprint density at radius 2 is 1.63 bits per heavy atom. The maximum Gasteiger partial charge on any atom is 0.344 e. The maximum atomic E-state index is 12.8. The Kier molecular flexibility index (Phi) is 7.21. The number of carbonyl (C=O) groups excluding carboxylic acids is 2. The lowest BCUT2D eigenvalue weighted by molar-refractivity contribution is -0.147. The number of hydrogen-bond donors (Lipinski definition) is 0. The number of Topliss-reactive ketones (excluding diaryl/α,β-unsaturated/α-hetero) is 1. The summed E-state index contributed by atoms with van der Waals surface area (Å²) in [6, 6.07) is 17.6. The van der Waals surface area contributed by atoms with Crippen molar-refractivity contribution in [3.05, 3.63) is 83.1 Å². The summed E-state index contributed by atoms with van der Waals surface area (Å²) in [6.45, 7) is -0.104. The summed E-state index contributed by atoms with van der Waals surface area (Å²) >= 11 is 0. The van der Waals surface area contributed by atoms with Crippen molar-refractivity contribution in [2.75, 3.05) is 27.9 Å². The van der Waals surface area contributed by atoms with Gasteiger partial charge in [-0.05, 0) is 41.5 Å². The van der Waals surface area contributed by atoms with Crippen LogP contribution >= 0.6 is 0 Å². The Labute approximate surface area is 202 Å². The van der Waals surface area contributed by atoms with Gasteiger partial charge >= 0.3 is 5.97 Å². The van der Waals surface area contributed by atoms with Gasteiger partial charge in [0.1, 0.15) is 18.1 Å². The topological polar surface area (TPSA) is 89.5 Å². The first-order valence-electron chi connectivity index (χ1n) is 10.7. The van der Waals surface area contributed by atoms with Crippen LogP contribution in [-0.4, -0.2) is 39.7 Å². The molecule has 35 heavy (non-hydrogen) atoms. The van der Waals surface area contributed by atoms with Gasteiger partial charge in [-0.2, -0.15) is 0 Å². The quantitative estimate of drug-likeness (QED) is 0.331. The molecule has 0 aromatic heterocycles. The zero-order chi connectivity index (χ0) is 24.8. The minimum Gasteiger partial charge on any atom is -0.493 e. The molecule has 0 amide bonds. The van der Waals surface area contributed by atoms with E-state index >= 15 is 0 Å². The fourth-order valence-corrected chi connectivity index (χ4v) is 3.52. The van der Waals surface area contributed by atoms with E-state index in [1.54, 1.807) is 36.4 Å². The summed E-state index contributed by atoms with van der Waals surface area (Å²) in [7, 11) is 4.54. The summed E-state index contributed by atoms with van der Waals surface area (Å²) < 4.78 is 32.6. The van der Waals surface area contributed by atoms with E-state index in [2.05, 4.69) is 0 Å². The van der Waals surface area contributed by atoms with E-state index in [0.717, 1.165) is 5.56 Å². The molecule has 0 radical (unpaired) electrons. The van der Waals surface area contributed by atoms with Crippen molar-refractivity contribution in [1.29, 1.82) is 0 Å². The predicted octanol–water partition coefficient (Wildman–Crippen LogP) is 4.45. The number of methoxy groups -OCH3 is 3. The van der Waals surface area contributed by atoms with Crippen LogP contribution in [0.2, 0.25) is 0 Å². The number of carbonyl (C=O) groups is 2. The third-order valence-corrected chi connectivity index (χ3v) is 5.23. The lowest BCUT2D eigenvalue weighted by atomic mass is 10.1. The van der Waals surface area contributed by atoms with Crippen LogP contribution < -0.4 is 23.7 Å². The van der Waals surface area contributed by atoms with Crippen molar-refractivity contribution in [1.82, 2.24) is 0 Å². The van der Waals surface area contributed by atoms with E-state index < -0.39 is 5.97 Å². The van der Waals surface area contributed by atoms with Crippen LogP contribution in [0.25, 0.3) is 6.08 Å². The van der Waals surface area contributed by atoms with E-state index in [9.17, 15) is 9.59 Å². The van der Waals surface area contributed by atoms with Crippen LogP contribution in [-0.2, 0) is 16.1 Å². The Bertz CT molecular complexity index is 1240. The number of rotatable bonds is 9. The zero-order valence-electron chi connectivity index (χ0n) is 19.5. The molecule has 0 unspecified atom stereocenters. The van der Waals surface area contributed by atoms with Gasteiger partial charge in [0.05, 0.1) is 26.9 Å². The molecule has 3 aromatic rings. The second-order valence-electron chi connectivity index (χ2n) is 7.49.